The van der Waals surface area contributed by atoms with E-state index in [0.717, 1.165) is 17.7 Å². The third-order valence-corrected chi connectivity index (χ3v) is 3.77. The number of nitrogens with one attached hydrogen (secondary N) is 1. The molecule has 0 aromatic heterocycles. The normalized spacial score (nSPS) is 11.6. The van der Waals surface area contributed by atoms with Crippen molar-refractivity contribution in [3.8, 4) is 0 Å². The maximum atomic E-state index is 12.9. The summed E-state index contributed by atoms with van der Waals surface area (Å²) in [7, 11) is 0. The molecule has 1 atom stereocenters. The van der Waals surface area contributed by atoms with Gasteiger partial charge in [0.25, 0.3) is 5.91 Å². The molecular weight excluding hydrogens is 333 g/mol. The average Bonchev–Trinajstić information content (AvgIpc) is 2.58. The molecule has 0 bridgehead atoms. The molecule has 0 unspecified atom stereocenters. The third-order valence-electron chi connectivity index (χ3n) is 3.46. The van der Waals surface area contributed by atoms with Gasteiger partial charge in [-0.2, -0.15) is 0 Å². The van der Waals surface area contributed by atoms with Gasteiger partial charge in [-0.3, -0.25) is 4.79 Å². The number of benzene rings is 2. The van der Waals surface area contributed by atoms with Crippen LogP contribution in [0.4, 0.5) is 4.39 Å². The van der Waals surface area contributed by atoms with Gasteiger partial charge in [-0.25, -0.2) is 9.18 Å². The highest BCUT2D eigenvalue weighted by Gasteiger charge is 2.15. The minimum absolute atomic E-state index is 0.0171. The van der Waals surface area contributed by atoms with Crippen LogP contribution in [0, 0.1) is 5.82 Å². The first-order valence-electron chi connectivity index (χ1n) is 7.41. The Morgan fingerprint density at radius 2 is 1.92 bits per heavy atom. The fourth-order valence-corrected chi connectivity index (χ4v) is 2.33. The Kier molecular flexibility index (Phi) is 6.32. The van der Waals surface area contributed by atoms with Gasteiger partial charge in [0.15, 0.2) is 6.61 Å². The molecule has 0 spiro atoms. The van der Waals surface area contributed by atoms with Gasteiger partial charge in [0.2, 0.25) is 0 Å². The van der Waals surface area contributed by atoms with Gasteiger partial charge in [0.1, 0.15) is 5.82 Å². The van der Waals surface area contributed by atoms with E-state index in [1.807, 2.05) is 37.3 Å². The third kappa shape index (κ3) is 5.06. The summed E-state index contributed by atoms with van der Waals surface area (Å²) in [6.07, 6.45) is 0. The quantitative estimate of drug-likeness (QED) is 0.811. The van der Waals surface area contributed by atoms with E-state index >= 15 is 0 Å². The standard InChI is InChI=1S/C18H17ClFNO3/c1-12(13-5-3-2-4-6-13)10-21-17(22)11-24-18(23)15-8-7-14(20)9-16(15)19/h2-9,12H,10-11H2,1H3,(H,21,22)/t12-/m1/s1. The zero-order valence-corrected chi connectivity index (χ0v) is 13.8. The number of halogens is 2. The molecule has 0 saturated carbocycles. The first-order chi connectivity index (χ1) is 11.5. The molecule has 0 aliphatic carbocycles. The van der Waals surface area contributed by atoms with Gasteiger partial charge in [-0.05, 0) is 29.7 Å². The number of rotatable bonds is 6. The van der Waals surface area contributed by atoms with Crippen LogP contribution in [-0.2, 0) is 9.53 Å². The molecule has 24 heavy (non-hydrogen) atoms. The summed E-state index contributed by atoms with van der Waals surface area (Å²) < 4.78 is 17.8. The van der Waals surface area contributed by atoms with Gasteiger partial charge in [-0.15, -0.1) is 0 Å². The predicted molar refractivity (Wildman–Crippen MR) is 89.6 cm³/mol. The van der Waals surface area contributed by atoms with Crippen LogP contribution in [0.3, 0.4) is 0 Å². The highest BCUT2D eigenvalue weighted by Crippen LogP contribution is 2.18. The molecule has 6 heteroatoms. The van der Waals surface area contributed by atoms with Crippen LogP contribution in [0.1, 0.15) is 28.8 Å². The second kappa shape index (κ2) is 8.45. The second-order valence-electron chi connectivity index (χ2n) is 5.32. The number of esters is 1. The molecule has 0 aliphatic rings. The largest absolute Gasteiger partial charge is 0.452 e. The van der Waals surface area contributed by atoms with E-state index in [4.69, 9.17) is 16.3 Å². The predicted octanol–water partition coefficient (Wildman–Crippen LogP) is 3.56. The molecule has 4 nitrogen and oxygen atoms in total. The summed E-state index contributed by atoms with van der Waals surface area (Å²) in [5, 5.41) is 2.65. The van der Waals surface area contributed by atoms with Crippen molar-refractivity contribution in [3.63, 3.8) is 0 Å². The van der Waals surface area contributed by atoms with E-state index in [1.165, 1.54) is 6.07 Å². The Balaban J connectivity index is 1.79. The van der Waals surface area contributed by atoms with Gasteiger partial charge in [0.05, 0.1) is 10.6 Å². The summed E-state index contributed by atoms with van der Waals surface area (Å²) >= 11 is 5.77. The molecule has 0 fully saturated rings. The zero-order valence-electron chi connectivity index (χ0n) is 13.1. The average molecular weight is 350 g/mol. The lowest BCUT2D eigenvalue weighted by molar-refractivity contribution is -0.124. The minimum Gasteiger partial charge on any atom is -0.452 e. The molecule has 0 saturated heterocycles. The monoisotopic (exact) mass is 349 g/mol. The summed E-state index contributed by atoms with van der Waals surface area (Å²) in [5.74, 6) is -1.60. The molecule has 0 radical (unpaired) electrons. The Hall–Kier alpha value is -2.40. The number of amides is 1. The van der Waals surface area contributed by atoms with Crippen molar-refractivity contribution in [2.45, 2.75) is 12.8 Å². The van der Waals surface area contributed by atoms with Crippen LogP contribution < -0.4 is 5.32 Å². The topological polar surface area (TPSA) is 55.4 Å². The summed E-state index contributed by atoms with van der Waals surface area (Å²) in [6.45, 7) is 1.99. The molecule has 2 aromatic carbocycles. The zero-order chi connectivity index (χ0) is 17.5. The van der Waals surface area contributed by atoms with Gasteiger partial charge in [0, 0.05) is 6.54 Å². The van der Waals surface area contributed by atoms with Gasteiger partial charge < -0.3 is 10.1 Å². The van der Waals surface area contributed by atoms with E-state index in [0.29, 0.717) is 6.54 Å². The summed E-state index contributed by atoms with van der Waals surface area (Å²) in [5.41, 5.74) is 1.12. The van der Waals surface area contributed by atoms with E-state index in [2.05, 4.69) is 5.32 Å². The maximum absolute atomic E-state index is 12.9. The van der Waals surface area contributed by atoms with Crippen LogP contribution in [0.5, 0.6) is 0 Å². The van der Waals surface area contributed by atoms with Crippen molar-refractivity contribution in [2.75, 3.05) is 13.2 Å². The maximum Gasteiger partial charge on any atom is 0.340 e. The van der Waals surface area contributed by atoms with Crippen molar-refractivity contribution >= 4 is 23.5 Å². The van der Waals surface area contributed by atoms with E-state index in [-0.39, 0.29) is 16.5 Å². The highest BCUT2D eigenvalue weighted by atomic mass is 35.5. The lowest BCUT2D eigenvalue weighted by atomic mass is 10.0. The van der Waals surface area contributed by atoms with Crippen molar-refractivity contribution in [1.82, 2.24) is 5.32 Å². The number of ether oxygens (including phenoxy) is 1. The minimum atomic E-state index is -0.772. The summed E-state index contributed by atoms with van der Waals surface area (Å²) in [4.78, 5) is 23.6. The second-order valence-corrected chi connectivity index (χ2v) is 5.72. The highest BCUT2D eigenvalue weighted by molar-refractivity contribution is 6.33. The first-order valence-corrected chi connectivity index (χ1v) is 7.79. The van der Waals surface area contributed by atoms with E-state index in [1.54, 1.807) is 0 Å². The van der Waals surface area contributed by atoms with Crippen molar-refractivity contribution in [2.24, 2.45) is 0 Å². The number of carbonyl (C=O) groups excluding carboxylic acids is 2. The number of hydrogen-bond acceptors (Lipinski definition) is 3. The van der Waals surface area contributed by atoms with Crippen molar-refractivity contribution < 1.29 is 18.7 Å². The van der Waals surface area contributed by atoms with Crippen LogP contribution in [-0.4, -0.2) is 25.0 Å². The molecule has 2 rings (SSSR count). The number of carbonyl (C=O) groups is 2. The van der Waals surface area contributed by atoms with Crippen LogP contribution in [0.25, 0.3) is 0 Å². The summed E-state index contributed by atoms with van der Waals surface area (Å²) in [6, 6.07) is 13.1. The van der Waals surface area contributed by atoms with Crippen LogP contribution >= 0.6 is 11.6 Å². The first kappa shape index (κ1) is 17.9. The van der Waals surface area contributed by atoms with Crippen LogP contribution in [0.2, 0.25) is 5.02 Å². The Morgan fingerprint density at radius 1 is 1.21 bits per heavy atom. The fraction of sp³-hybridized carbons (Fsp3) is 0.222. The molecule has 1 N–H and O–H groups in total. The van der Waals surface area contributed by atoms with Crippen molar-refractivity contribution in [3.05, 3.63) is 70.5 Å². The smallest absolute Gasteiger partial charge is 0.340 e. The molecule has 126 valence electrons. The SMILES string of the molecule is C[C@H](CNC(=O)COC(=O)c1ccc(F)cc1Cl)c1ccccc1. The molecular formula is C18H17ClFNO3. The Labute approximate surface area is 144 Å². The van der Waals surface area contributed by atoms with Gasteiger partial charge >= 0.3 is 5.97 Å². The van der Waals surface area contributed by atoms with Crippen molar-refractivity contribution in [1.29, 1.82) is 0 Å². The molecule has 0 heterocycles. The Bertz CT molecular complexity index is 721. The molecule has 2 aromatic rings. The molecule has 1 amide bonds. The Morgan fingerprint density at radius 3 is 2.58 bits per heavy atom. The lowest BCUT2D eigenvalue weighted by Crippen LogP contribution is -2.31. The lowest BCUT2D eigenvalue weighted by Gasteiger charge is -2.13. The van der Waals surface area contributed by atoms with E-state index in [9.17, 15) is 14.0 Å². The number of hydrogen-bond donors (Lipinski definition) is 1. The fourth-order valence-electron chi connectivity index (χ4n) is 2.08. The van der Waals surface area contributed by atoms with E-state index < -0.39 is 24.3 Å². The molecule has 0 aliphatic heterocycles. The van der Waals surface area contributed by atoms with Crippen LogP contribution in [0.15, 0.2) is 48.5 Å². The van der Waals surface area contributed by atoms with Gasteiger partial charge in [-0.1, -0.05) is 48.9 Å².